The first-order valence-electron chi connectivity index (χ1n) is 14.8. The van der Waals surface area contributed by atoms with Gasteiger partial charge in [-0.2, -0.15) is 0 Å². The van der Waals surface area contributed by atoms with Gasteiger partial charge in [0.1, 0.15) is 0 Å². The Labute approximate surface area is 245 Å². The van der Waals surface area contributed by atoms with Gasteiger partial charge in [-0.15, -0.1) is 0 Å². The second-order valence-electron chi connectivity index (χ2n) is 11.8. The van der Waals surface area contributed by atoms with Gasteiger partial charge in [0.25, 0.3) is 0 Å². The van der Waals surface area contributed by atoms with Crippen LogP contribution in [0, 0.1) is 13.8 Å². The highest BCUT2D eigenvalue weighted by molar-refractivity contribution is 6.37. The zero-order valence-corrected chi connectivity index (χ0v) is 23.7. The summed E-state index contributed by atoms with van der Waals surface area (Å²) in [6.45, 7) is 4.41. The number of hydrogen-bond acceptors (Lipinski definition) is 0. The molecule has 0 aromatic heterocycles. The highest BCUT2D eigenvalue weighted by Crippen LogP contribution is 2.59. The van der Waals surface area contributed by atoms with E-state index in [2.05, 4.69) is 147 Å². The van der Waals surface area contributed by atoms with E-state index >= 15 is 0 Å². The molecule has 8 aromatic rings. The van der Waals surface area contributed by atoms with Gasteiger partial charge >= 0.3 is 0 Å². The summed E-state index contributed by atoms with van der Waals surface area (Å²) in [5.74, 6) is 0. The monoisotopic (exact) mass is 532 g/mol. The van der Waals surface area contributed by atoms with Gasteiger partial charge in [0.2, 0.25) is 0 Å². The zero-order chi connectivity index (χ0) is 27.9. The minimum atomic E-state index is 1.27. The lowest BCUT2D eigenvalue weighted by atomic mass is 9.79. The van der Waals surface area contributed by atoms with Crippen LogP contribution in [-0.4, -0.2) is 0 Å². The summed E-state index contributed by atoms with van der Waals surface area (Å²) < 4.78 is 0. The van der Waals surface area contributed by atoms with Crippen molar-refractivity contribution in [2.75, 3.05) is 0 Å². The topological polar surface area (TPSA) is 0 Å². The number of benzene rings is 8. The molecule has 1 aliphatic rings. The van der Waals surface area contributed by atoms with Gasteiger partial charge < -0.3 is 0 Å². The summed E-state index contributed by atoms with van der Waals surface area (Å²) in [6.07, 6.45) is 0. The number of rotatable bonds is 2. The zero-order valence-electron chi connectivity index (χ0n) is 23.7. The Bertz CT molecular complexity index is 2260. The summed E-state index contributed by atoms with van der Waals surface area (Å²) in [7, 11) is 0. The van der Waals surface area contributed by atoms with Crippen LogP contribution < -0.4 is 0 Å². The molecule has 0 unspecified atom stereocenters. The normalized spacial score (nSPS) is 12.0. The van der Waals surface area contributed by atoms with Crippen molar-refractivity contribution in [3.8, 4) is 44.5 Å². The number of hydrogen-bond donors (Lipinski definition) is 0. The van der Waals surface area contributed by atoms with Crippen LogP contribution in [0.15, 0.2) is 133 Å². The highest BCUT2D eigenvalue weighted by atomic mass is 14.3. The molecule has 196 valence electrons. The van der Waals surface area contributed by atoms with Crippen molar-refractivity contribution >= 4 is 43.1 Å². The van der Waals surface area contributed by atoms with E-state index in [1.165, 1.54) is 98.7 Å². The quantitative estimate of drug-likeness (QED) is 0.194. The summed E-state index contributed by atoms with van der Waals surface area (Å²) in [5.41, 5.74) is 13.2. The summed E-state index contributed by atoms with van der Waals surface area (Å²) in [4.78, 5) is 0. The van der Waals surface area contributed by atoms with Crippen molar-refractivity contribution in [1.29, 1.82) is 0 Å². The fourth-order valence-electron chi connectivity index (χ4n) is 7.64. The molecule has 0 radical (unpaired) electrons. The van der Waals surface area contributed by atoms with Gasteiger partial charge in [-0.3, -0.25) is 0 Å². The van der Waals surface area contributed by atoms with Crippen LogP contribution in [0.3, 0.4) is 0 Å². The lowest BCUT2D eigenvalue weighted by Crippen LogP contribution is -1.96. The van der Waals surface area contributed by atoms with Crippen LogP contribution >= 0.6 is 0 Å². The molecule has 0 bridgehead atoms. The van der Waals surface area contributed by atoms with Crippen molar-refractivity contribution in [2.45, 2.75) is 13.8 Å². The first-order chi connectivity index (χ1) is 20.7. The van der Waals surface area contributed by atoms with Crippen LogP contribution in [0.25, 0.3) is 87.6 Å². The second kappa shape index (κ2) is 8.65. The lowest BCUT2D eigenvalue weighted by Gasteiger charge is -2.24. The van der Waals surface area contributed by atoms with Gasteiger partial charge in [-0.1, -0.05) is 145 Å². The summed E-state index contributed by atoms with van der Waals surface area (Å²) in [6, 6.07) is 49.9. The smallest absolute Gasteiger partial charge is 0.000718 e. The van der Waals surface area contributed by atoms with E-state index in [4.69, 9.17) is 0 Å². The Kier molecular flexibility index (Phi) is 4.84. The van der Waals surface area contributed by atoms with Crippen molar-refractivity contribution in [3.63, 3.8) is 0 Å². The molecule has 8 aromatic carbocycles. The van der Waals surface area contributed by atoms with Gasteiger partial charge in [0.15, 0.2) is 0 Å². The molecule has 0 heterocycles. The standard InChI is InChI=1S/C42H28/c1-25-11-7-15-28(23-25)37-39-32-19-5-3-17-30(32)31-18-4-6-20-33(31)40(39)38(29-16-8-12-26(2)24-29)42-35-22-10-14-27-13-9-21-34(36(27)35)41(37)42/h3-24H,1-2H3. The summed E-state index contributed by atoms with van der Waals surface area (Å²) in [5, 5.41) is 10.6. The van der Waals surface area contributed by atoms with Crippen molar-refractivity contribution in [1.82, 2.24) is 0 Å². The molecule has 0 saturated heterocycles. The van der Waals surface area contributed by atoms with Gasteiger partial charge in [-0.25, -0.2) is 0 Å². The summed E-state index contributed by atoms with van der Waals surface area (Å²) >= 11 is 0. The first-order valence-corrected chi connectivity index (χ1v) is 14.8. The average molecular weight is 533 g/mol. The van der Waals surface area contributed by atoms with Crippen molar-refractivity contribution < 1.29 is 0 Å². The fraction of sp³-hybridized carbons (Fsp3) is 0.0476. The third-order valence-corrected chi connectivity index (χ3v) is 9.24. The van der Waals surface area contributed by atoms with Crippen molar-refractivity contribution in [3.05, 3.63) is 145 Å². The predicted molar refractivity (Wildman–Crippen MR) is 181 cm³/mol. The molecular weight excluding hydrogens is 504 g/mol. The lowest BCUT2D eigenvalue weighted by molar-refractivity contribution is 1.47. The third-order valence-electron chi connectivity index (χ3n) is 9.24. The molecule has 1 aliphatic carbocycles. The molecule has 0 saturated carbocycles. The minimum absolute atomic E-state index is 1.27. The molecule has 0 nitrogen and oxygen atoms in total. The van der Waals surface area contributed by atoms with Crippen LogP contribution in [0.1, 0.15) is 11.1 Å². The SMILES string of the molecule is Cc1cccc(-c2c3c(c(-c4cccc(C)c4)c4c5ccccc5c5ccccc5c24)-c2cccc4cccc-3c24)c1. The maximum absolute atomic E-state index is 2.37. The van der Waals surface area contributed by atoms with Crippen LogP contribution in [0.2, 0.25) is 0 Å². The first kappa shape index (κ1) is 23.5. The molecule has 0 fully saturated rings. The predicted octanol–water partition coefficient (Wildman–Crippen LogP) is 11.9. The number of aryl methyl sites for hydroxylation is 2. The highest BCUT2D eigenvalue weighted by Gasteiger charge is 2.32. The van der Waals surface area contributed by atoms with E-state index < -0.39 is 0 Å². The van der Waals surface area contributed by atoms with Crippen LogP contribution in [0.4, 0.5) is 0 Å². The number of fused-ring (bicyclic) bond motifs is 9. The minimum Gasteiger partial charge on any atom is -0.0616 e. The molecule has 0 spiro atoms. The van der Waals surface area contributed by atoms with Crippen LogP contribution in [-0.2, 0) is 0 Å². The van der Waals surface area contributed by atoms with Crippen molar-refractivity contribution in [2.24, 2.45) is 0 Å². The third kappa shape index (κ3) is 3.12. The largest absolute Gasteiger partial charge is 0.0616 e. The van der Waals surface area contributed by atoms with Gasteiger partial charge in [-0.05, 0) is 101 Å². The molecule has 9 rings (SSSR count). The van der Waals surface area contributed by atoms with E-state index in [9.17, 15) is 0 Å². The average Bonchev–Trinajstić information content (AvgIpc) is 3.35. The van der Waals surface area contributed by atoms with Gasteiger partial charge in [0.05, 0.1) is 0 Å². The fourth-order valence-corrected chi connectivity index (χ4v) is 7.64. The molecule has 0 aliphatic heterocycles. The molecule has 0 heteroatoms. The van der Waals surface area contributed by atoms with E-state index in [1.54, 1.807) is 0 Å². The molecule has 42 heavy (non-hydrogen) atoms. The Morgan fingerprint density at radius 1 is 0.333 bits per heavy atom. The maximum atomic E-state index is 2.37. The van der Waals surface area contributed by atoms with E-state index in [0.717, 1.165) is 0 Å². The Morgan fingerprint density at radius 2 is 0.762 bits per heavy atom. The second-order valence-corrected chi connectivity index (χ2v) is 11.8. The Hall–Kier alpha value is -5.20. The molecule has 0 N–H and O–H groups in total. The van der Waals surface area contributed by atoms with Gasteiger partial charge in [0, 0.05) is 0 Å². The van der Waals surface area contributed by atoms with E-state index in [0.29, 0.717) is 0 Å². The molecular formula is C42H28. The Balaban J connectivity index is 1.67. The van der Waals surface area contributed by atoms with E-state index in [1.807, 2.05) is 0 Å². The van der Waals surface area contributed by atoms with Crippen LogP contribution in [0.5, 0.6) is 0 Å². The Morgan fingerprint density at radius 3 is 1.21 bits per heavy atom. The maximum Gasteiger partial charge on any atom is -0.000718 e. The van der Waals surface area contributed by atoms with E-state index in [-0.39, 0.29) is 0 Å². The molecule has 0 amide bonds. The molecule has 0 atom stereocenters.